The molecule has 0 saturated heterocycles. The fourth-order valence-electron chi connectivity index (χ4n) is 1.78. The minimum Gasteiger partial charge on any atom is -0.490 e. The third kappa shape index (κ3) is 5.11. The van der Waals surface area contributed by atoms with Crippen LogP contribution in [0.4, 0.5) is 0 Å². The third-order valence-electron chi connectivity index (χ3n) is 2.76. The molecule has 0 bridgehead atoms. The maximum Gasteiger partial charge on any atom is 0.338 e. The van der Waals surface area contributed by atoms with Crippen molar-refractivity contribution in [3.8, 4) is 11.5 Å². The molecular weight excluding hydrogens is 256 g/mol. The summed E-state index contributed by atoms with van der Waals surface area (Å²) in [6.07, 6.45) is 3.08. The summed E-state index contributed by atoms with van der Waals surface area (Å²) in [6, 6.07) is 5.13. The zero-order valence-electron chi connectivity index (χ0n) is 12.6. The lowest BCUT2D eigenvalue weighted by atomic mass is 10.2. The van der Waals surface area contributed by atoms with Crippen molar-refractivity contribution in [3.05, 3.63) is 23.8 Å². The van der Waals surface area contributed by atoms with Gasteiger partial charge in [0.25, 0.3) is 0 Å². The van der Waals surface area contributed by atoms with Crippen LogP contribution in [0.5, 0.6) is 11.5 Å². The summed E-state index contributed by atoms with van der Waals surface area (Å²) in [7, 11) is 0. The Balaban J connectivity index is 2.69. The van der Waals surface area contributed by atoms with Gasteiger partial charge in [-0.05, 0) is 38.5 Å². The van der Waals surface area contributed by atoms with Crippen LogP contribution in [0.3, 0.4) is 0 Å². The van der Waals surface area contributed by atoms with E-state index in [-0.39, 0.29) is 5.97 Å². The van der Waals surface area contributed by atoms with Gasteiger partial charge in [0.2, 0.25) is 0 Å². The van der Waals surface area contributed by atoms with E-state index >= 15 is 0 Å². The van der Waals surface area contributed by atoms with Crippen molar-refractivity contribution >= 4 is 5.97 Å². The maximum absolute atomic E-state index is 11.9. The van der Waals surface area contributed by atoms with Crippen molar-refractivity contribution in [1.82, 2.24) is 0 Å². The van der Waals surface area contributed by atoms with Crippen molar-refractivity contribution < 1.29 is 19.0 Å². The minimum atomic E-state index is -0.315. The Hall–Kier alpha value is -1.71. The zero-order chi connectivity index (χ0) is 14.8. The predicted octanol–water partition coefficient (Wildman–Crippen LogP) is 3.83. The van der Waals surface area contributed by atoms with Gasteiger partial charge in [-0.25, -0.2) is 4.79 Å². The van der Waals surface area contributed by atoms with Crippen LogP contribution < -0.4 is 9.47 Å². The molecule has 0 saturated carbocycles. The van der Waals surface area contributed by atoms with E-state index in [1.54, 1.807) is 18.2 Å². The van der Waals surface area contributed by atoms with Gasteiger partial charge in [0.05, 0.1) is 25.4 Å². The molecule has 1 aromatic carbocycles. The van der Waals surface area contributed by atoms with Crippen molar-refractivity contribution in [1.29, 1.82) is 0 Å². The highest BCUT2D eigenvalue weighted by atomic mass is 16.5. The molecule has 0 aliphatic rings. The van der Waals surface area contributed by atoms with Gasteiger partial charge in [0.15, 0.2) is 11.5 Å². The molecule has 0 amide bonds. The van der Waals surface area contributed by atoms with Crippen molar-refractivity contribution in [2.45, 2.75) is 40.0 Å². The fraction of sp³-hybridized carbons (Fsp3) is 0.562. The molecule has 0 heterocycles. The summed E-state index contributed by atoms with van der Waals surface area (Å²) in [5.74, 6) is 0.916. The summed E-state index contributed by atoms with van der Waals surface area (Å²) >= 11 is 0. The molecule has 0 N–H and O–H groups in total. The summed E-state index contributed by atoms with van der Waals surface area (Å²) in [6.45, 7) is 7.46. The van der Waals surface area contributed by atoms with Crippen LogP contribution in [0, 0.1) is 0 Å². The molecule has 0 aliphatic carbocycles. The number of rotatable bonds is 9. The van der Waals surface area contributed by atoms with E-state index in [4.69, 9.17) is 14.2 Å². The average molecular weight is 280 g/mol. The lowest BCUT2D eigenvalue weighted by Crippen LogP contribution is -2.07. The SMILES string of the molecule is CCCCCOC(=O)c1ccc(OCC)c(OCC)c1. The van der Waals surface area contributed by atoms with E-state index in [1.165, 1.54) is 0 Å². The monoisotopic (exact) mass is 280 g/mol. The lowest BCUT2D eigenvalue weighted by molar-refractivity contribution is 0.0497. The molecule has 20 heavy (non-hydrogen) atoms. The number of hydrogen-bond acceptors (Lipinski definition) is 4. The normalized spacial score (nSPS) is 10.2. The Morgan fingerprint density at radius 2 is 1.70 bits per heavy atom. The molecule has 1 aromatic rings. The Labute approximate surface area is 121 Å². The molecule has 0 aliphatic heterocycles. The minimum absolute atomic E-state index is 0.315. The molecule has 112 valence electrons. The molecule has 0 spiro atoms. The van der Waals surface area contributed by atoms with Crippen molar-refractivity contribution in [3.63, 3.8) is 0 Å². The summed E-state index contributed by atoms with van der Waals surface area (Å²) in [5, 5.41) is 0. The van der Waals surface area contributed by atoms with Crippen LogP contribution in [0.2, 0.25) is 0 Å². The highest BCUT2D eigenvalue weighted by molar-refractivity contribution is 5.90. The maximum atomic E-state index is 11.9. The second-order valence-electron chi connectivity index (χ2n) is 4.37. The Morgan fingerprint density at radius 1 is 1.00 bits per heavy atom. The highest BCUT2D eigenvalue weighted by Crippen LogP contribution is 2.28. The number of unbranched alkanes of at least 4 members (excludes halogenated alkanes) is 2. The Morgan fingerprint density at radius 3 is 2.35 bits per heavy atom. The Bertz CT molecular complexity index is 415. The first-order valence-corrected chi connectivity index (χ1v) is 7.29. The van der Waals surface area contributed by atoms with Gasteiger partial charge in [0, 0.05) is 0 Å². The standard InChI is InChI=1S/C16H24O4/c1-4-7-8-11-20-16(17)13-9-10-14(18-5-2)15(12-13)19-6-3/h9-10,12H,4-8,11H2,1-3H3. The summed E-state index contributed by atoms with van der Waals surface area (Å²) in [4.78, 5) is 11.9. The second-order valence-corrected chi connectivity index (χ2v) is 4.37. The van der Waals surface area contributed by atoms with Gasteiger partial charge in [-0.1, -0.05) is 19.8 Å². The first kappa shape index (κ1) is 16.3. The van der Waals surface area contributed by atoms with Crippen molar-refractivity contribution in [2.24, 2.45) is 0 Å². The lowest BCUT2D eigenvalue weighted by Gasteiger charge is -2.12. The zero-order valence-corrected chi connectivity index (χ0v) is 12.6. The first-order valence-electron chi connectivity index (χ1n) is 7.29. The number of benzene rings is 1. The van der Waals surface area contributed by atoms with Crippen LogP contribution >= 0.6 is 0 Å². The van der Waals surface area contributed by atoms with Crippen LogP contribution in [-0.4, -0.2) is 25.8 Å². The van der Waals surface area contributed by atoms with Gasteiger partial charge in [0.1, 0.15) is 0 Å². The molecule has 0 atom stereocenters. The van der Waals surface area contributed by atoms with Crippen LogP contribution in [0.1, 0.15) is 50.4 Å². The smallest absolute Gasteiger partial charge is 0.338 e. The van der Waals surface area contributed by atoms with Gasteiger partial charge in [-0.15, -0.1) is 0 Å². The average Bonchev–Trinajstić information content (AvgIpc) is 2.45. The third-order valence-corrected chi connectivity index (χ3v) is 2.76. The molecule has 0 radical (unpaired) electrons. The molecule has 0 fully saturated rings. The predicted molar refractivity (Wildman–Crippen MR) is 78.6 cm³/mol. The van der Waals surface area contributed by atoms with E-state index in [1.807, 2.05) is 13.8 Å². The largest absolute Gasteiger partial charge is 0.490 e. The van der Waals surface area contributed by atoms with Gasteiger partial charge >= 0.3 is 5.97 Å². The summed E-state index contributed by atoms with van der Waals surface area (Å²) in [5.41, 5.74) is 0.494. The molecule has 1 rings (SSSR count). The molecule has 4 heteroatoms. The van der Waals surface area contributed by atoms with Gasteiger partial charge in [-0.3, -0.25) is 0 Å². The first-order chi connectivity index (χ1) is 9.72. The van der Waals surface area contributed by atoms with Crippen molar-refractivity contribution in [2.75, 3.05) is 19.8 Å². The number of ether oxygens (including phenoxy) is 3. The van der Waals surface area contributed by atoms with E-state index in [0.29, 0.717) is 36.9 Å². The molecule has 0 unspecified atom stereocenters. The molecule has 4 nitrogen and oxygen atoms in total. The molecule has 0 aromatic heterocycles. The van der Waals surface area contributed by atoms with Gasteiger partial charge < -0.3 is 14.2 Å². The topological polar surface area (TPSA) is 44.8 Å². The van der Waals surface area contributed by atoms with Crippen LogP contribution in [0.25, 0.3) is 0 Å². The number of carbonyl (C=O) groups is 1. The van der Waals surface area contributed by atoms with Crippen LogP contribution in [-0.2, 0) is 4.74 Å². The highest BCUT2D eigenvalue weighted by Gasteiger charge is 2.12. The quantitative estimate of drug-likeness (QED) is 0.509. The van der Waals surface area contributed by atoms with E-state index in [2.05, 4.69) is 6.92 Å². The van der Waals surface area contributed by atoms with Gasteiger partial charge in [-0.2, -0.15) is 0 Å². The van der Waals surface area contributed by atoms with E-state index in [9.17, 15) is 4.79 Å². The second kappa shape index (κ2) is 9.23. The molecular formula is C16H24O4. The van der Waals surface area contributed by atoms with Crippen LogP contribution in [0.15, 0.2) is 18.2 Å². The summed E-state index contributed by atoms with van der Waals surface area (Å²) < 4.78 is 16.2. The fourth-order valence-corrected chi connectivity index (χ4v) is 1.78. The number of esters is 1. The number of carbonyl (C=O) groups excluding carboxylic acids is 1. The van der Waals surface area contributed by atoms with E-state index < -0.39 is 0 Å². The van der Waals surface area contributed by atoms with E-state index in [0.717, 1.165) is 19.3 Å². The Kier molecular flexibility index (Phi) is 7.55. The number of hydrogen-bond donors (Lipinski definition) is 0.